The summed E-state index contributed by atoms with van der Waals surface area (Å²) in [6, 6.07) is 8.03. The topological polar surface area (TPSA) is 124 Å². The van der Waals surface area contributed by atoms with E-state index >= 15 is 0 Å². The molecule has 150 valence electrons. The average molecular weight is 414 g/mol. The quantitative estimate of drug-likeness (QED) is 0.264. The first-order chi connectivity index (χ1) is 13.8. The number of aromatic nitrogens is 3. The van der Waals surface area contributed by atoms with Crippen LogP contribution in [-0.4, -0.2) is 30.8 Å². The molecule has 3 aromatic rings. The molecule has 10 heteroatoms. The Morgan fingerprint density at radius 2 is 2.00 bits per heavy atom. The third-order valence-electron chi connectivity index (χ3n) is 4.23. The Morgan fingerprint density at radius 1 is 1.31 bits per heavy atom. The molecule has 0 unspecified atom stereocenters. The number of thioether (sulfide) groups is 1. The van der Waals surface area contributed by atoms with E-state index in [1.54, 1.807) is 18.2 Å². The molecule has 0 atom stereocenters. The van der Waals surface area contributed by atoms with Crippen LogP contribution in [0, 0.1) is 24.0 Å². The van der Waals surface area contributed by atoms with E-state index in [2.05, 4.69) is 10.2 Å². The highest BCUT2D eigenvalue weighted by Crippen LogP contribution is 2.30. The van der Waals surface area contributed by atoms with Gasteiger partial charge in [0.15, 0.2) is 0 Å². The zero-order valence-corrected chi connectivity index (χ0v) is 16.8. The average Bonchev–Trinajstić information content (AvgIpc) is 3.25. The highest BCUT2D eigenvalue weighted by Gasteiger charge is 2.17. The predicted octanol–water partition coefficient (Wildman–Crippen LogP) is 4.17. The van der Waals surface area contributed by atoms with Gasteiger partial charge in [-0.2, -0.15) is 0 Å². The molecule has 0 fully saturated rings. The maximum atomic E-state index is 11.7. The number of carboxylic acid groups (broad SMARTS) is 1. The summed E-state index contributed by atoms with van der Waals surface area (Å²) in [4.78, 5) is 22.2. The second kappa shape index (κ2) is 8.31. The van der Waals surface area contributed by atoms with Crippen molar-refractivity contribution < 1.29 is 19.2 Å². The molecule has 1 N–H and O–H groups in total. The van der Waals surface area contributed by atoms with E-state index in [1.165, 1.54) is 12.1 Å². The lowest BCUT2D eigenvalue weighted by Gasteiger charge is -2.09. The third-order valence-corrected chi connectivity index (χ3v) is 5.09. The van der Waals surface area contributed by atoms with E-state index in [0.717, 1.165) is 28.8 Å². The number of aliphatic carboxylic acids is 1. The molecule has 0 radical (unpaired) electrons. The predicted molar refractivity (Wildman–Crippen MR) is 107 cm³/mol. The Bertz CT molecular complexity index is 1100. The molecule has 0 saturated heterocycles. The van der Waals surface area contributed by atoms with Crippen LogP contribution in [0.2, 0.25) is 0 Å². The van der Waals surface area contributed by atoms with Gasteiger partial charge in [0, 0.05) is 35.6 Å². The Hall–Kier alpha value is -3.40. The molecule has 0 aliphatic carbocycles. The van der Waals surface area contributed by atoms with Crippen molar-refractivity contribution in [1.29, 1.82) is 0 Å². The second-order valence-electron chi connectivity index (χ2n) is 6.17. The van der Waals surface area contributed by atoms with Crippen LogP contribution in [-0.2, 0) is 11.2 Å². The van der Waals surface area contributed by atoms with Gasteiger partial charge in [-0.25, -0.2) is 4.79 Å². The van der Waals surface area contributed by atoms with Crippen molar-refractivity contribution in [2.24, 2.45) is 0 Å². The Morgan fingerprint density at radius 3 is 2.55 bits per heavy atom. The Labute approximate surface area is 170 Å². The summed E-state index contributed by atoms with van der Waals surface area (Å²) < 4.78 is 7.29. The van der Waals surface area contributed by atoms with Crippen molar-refractivity contribution in [2.45, 2.75) is 32.4 Å². The molecular formula is C19H18N4O5S. The van der Waals surface area contributed by atoms with Crippen molar-refractivity contribution >= 4 is 29.5 Å². The number of hydrogen-bond acceptors (Lipinski definition) is 7. The van der Waals surface area contributed by atoms with Crippen LogP contribution in [0.4, 0.5) is 5.69 Å². The second-order valence-corrected chi connectivity index (χ2v) is 7.16. The fourth-order valence-corrected chi connectivity index (χ4v) is 3.53. The van der Waals surface area contributed by atoms with Gasteiger partial charge in [-0.15, -0.1) is 10.2 Å². The summed E-state index contributed by atoms with van der Waals surface area (Å²) >= 11 is 0.890. The Balaban J connectivity index is 1.96. The van der Waals surface area contributed by atoms with Crippen LogP contribution in [0.15, 0.2) is 44.9 Å². The SMILES string of the molecule is CCc1nnc(S/C(=C\c2cc(C)n(-c3ccc([N+](=O)[O-])cc3)c2C)C(=O)O)o1. The monoisotopic (exact) mass is 414 g/mol. The third kappa shape index (κ3) is 4.37. The molecule has 2 aromatic heterocycles. The highest BCUT2D eigenvalue weighted by molar-refractivity contribution is 8.03. The van der Waals surface area contributed by atoms with Crippen LogP contribution < -0.4 is 0 Å². The lowest BCUT2D eigenvalue weighted by Crippen LogP contribution is -2.00. The molecule has 0 spiro atoms. The van der Waals surface area contributed by atoms with Crippen molar-refractivity contribution in [1.82, 2.24) is 14.8 Å². The van der Waals surface area contributed by atoms with Crippen LogP contribution >= 0.6 is 11.8 Å². The van der Waals surface area contributed by atoms with E-state index in [0.29, 0.717) is 17.9 Å². The number of carboxylic acids is 1. The fourth-order valence-electron chi connectivity index (χ4n) is 2.85. The van der Waals surface area contributed by atoms with E-state index < -0.39 is 10.9 Å². The standard InChI is InChI=1S/C19H18N4O5S/c1-4-17-20-21-19(28-17)29-16(18(24)25)10-13-9-11(2)22(12(13)3)14-5-7-15(8-6-14)23(26)27/h5-10H,4H2,1-3H3,(H,24,25)/b16-10-. The molecular weight excluding hydrogens is 396 g/mol. The van der Waals surface area contributed by atoms with Gasteiger partial charge in [-0.1, -0.05) is 6.92 Å². The molecule has 1 aromatic carbocycles. The number of rotatable bonds is 7. The molecule has 3 rings (SSSR count). The highest BCUT2D eigenvalue weighted by atomic mass is 32.2. The number of benzene rings is 1. The molecule has 0 bridgehead atoms. The van der Waals surface area contributed by atoms with Gasteiger partial charge < -0.3 is 14.1 Å². The zero-order valence-electron chi connectivity index (χ0n) is 15.9. The fraction of sp³-hybridized carbons (Fsp3) is 0.211. The van der Waals surface area contributed by atoms with Gasteiger partial charge in [0.1, 0.15) is 4.91 Å². The lowest BCUT2D eigenvalue weighted by molar-refractivity contribution is -0.384. The molecule has 2 heterocycles. The minimum atomic E-state index is -1.11. The minimum absolute atomic E-state index is 0.00639. The van der Waals surface area contributed by atoms with Gasteiger partial charge in [0.05, 0.1) is 4.92 Å². The molecule has 0 saturated carbocycles. The van der Waals surface area contributed by atoms with Crippen molar-refractivity contribution in [2.75, 3.05) is 0 Å². The van der Waals surface area contributed by atoms with Crippen LogP contribution in [0.1, 0.15) is 29.8 Å². The number of hydrogen-bond donors (Lipinski definition) is 1. The van der Waals surface area contributed by atoms with Crippen LogP contribution in [0.25, 0.3) is 11.8 Å². The first-order valence-electron chi connectivity index (χ1n) is 8.69. The van der Waals surface area contributed by atoms with E-state index in [9.17, 15) is 20.0 Å². The van der Waals surface area contributed by atoms with Crippen molar-refractivity contribution in [3.8, 4) is 5.69 Å². The number of aryl methyl sites for hydroxylation is 2. The summed E-state index contributed by atoms with van der Waals surface area (Å²) in [5.74, 6) is -0.667. The van der Waals surface area contributed by atoms with E-state index in [-0.39, 0.29) is 15.8 Å². The van der Waals surface area contributed by atoms with Gasteiger partial charge >= 0.3 is 5.97 Å². The molecule has 0 aliphatic heterocycles. The first kappa shape index (κ1) is 20.3. The summed E-state index contributed by atoms with van der Waals surface area (Å²) in [6.07, 6.45) is 2.11. The summed E-state index contributed by atoms with van der Waals surface area (Å²) in [5, 5.41) is 28.3. The molecule has 0 amide bonds. The van der Waals surface area contributed by atoms with Crippen LogP contribution in [0.3, 0.4) is 0 Å². The van der Waals surface area contributed by atoms with E-state index in [4.69, 9.17) is 4.42 Å². The number of non-ortho nitro benzene ring substituents is 1. The van der Waals surface area contributed by atoms with Crippen molar-refractivity contribution in [3.05, 3.63) is 68.2 Å². The zero-order chi connectivity index (χ0) is 21.1. The maximum absolute atomic E-state index is 11.7. The first-order valence-corrected chi connectivity index (χ1v) is 9.50. The van der Waals surface area contributed by atoms with Gasteiger partial charge in [0.25, 0.3) is 10.9 Å². The summed E-state index contributed by atoms with van der Waals surface area (Å²) in [5.41, 5.74) is 3.13. The number of nitro benzene ring substituents is 1. The number of nitro groups is 1. The molecule has 29 heavy (non-hydrogen) atoms. The molecule has 0 aliphatic rings. The van der Waals surface area contributed by atoms with Gasteiger partial charge in [0.2, 0.25) is 5.89 Å². The van der Waals surface area contributed by atoms with Gasteiger partial charge in [-0.05, 0) is 55.4 Å². The van der Waals surface area contributed by atoms with Crippen molar-refractivity contribution in [3.63, 3.8) is 0 Å². The normalized spacial score (nSPS) is 11.6. The van der Waals surface area contributed by atoms with Gasteiger partial charge in [-0.3, -0.25) is 10.1 Å². The summed E-state index contributed by atoms with van der Waals surface area (Å²) in [7, 11) is 0. The molecule has 9 nitrogen and oxygen atoms in total. The van der Waals surface area contributed by atoms with E-state index in [1.807, 2.05) is 31.4 Å². The lowest BCUT2D eigenvalue weighted by atomic mass is 10.2. The minimum Gasteiger partial charge on any atom is -0.477 e. The largest absolute Gasteiger partial charge is 0.477 e. The number of carbonyl (C=O) groups is 1. The summed E-state index contributed by atoms with van der Waals surface area (Å²) in [6.45, 7) is 5.60. The Kier molecular flexibility index (Phi) is 5.83. The maximum Gasteiger partial charge on any atom is 0.342 e. The number of nitrogens with zero attached hydrogens (tertiary/aromatic N) is 4. The smallest absolute Gasteiger partial charge is 0.342 e. The van der Waals surface area contributed by atoms with Crippen LogP contribution in [0.5, 0.6) is 0 Å².